The Morgan fingerprint density at radius 3 is 1.94 bits per heavy atom. The molecule has 0 saturated carbocycles. The van der Waals surface area contributed by atoms with Gasteiger partial charge in [-0.05, 0) is 30.1 Å². The van der Waals surface area contributed by atoms with E-state index in [2.05, 4.69) is 41.5 Å². The largest absolute Gasteiger partial charge is 0.0654 e. The van der Waals surface area contributed by atoms with E-state index in [1.165, 1.54) is 38.5 Å². The van der Waals surface area contributed by atoms with E-state index in [0.717, 1.165) is 23.7 Å². The molecule has 0 fully saturated rings. The van der Waals surface area contributed by atoms with Crippen molar-refractivity contribution in [2.45, 2.75) is 80.1 Å². The monoisotopic (exact) mass is 226 g/mol. The van der Waals surface area contributed by atoms with Gasteiger partial charge in [-0.25, -0.2) is 0 Å². The highest BCUT2D eigenvalue weighted by Crippen LogP contribution is 2.32. The highest BCUT2D eigenvalue weighted by Gasteiger charge is 2.22. The van der Waals surface area contributed by atoms with Crippen LogP contribution in [0.1, 0.15) is 80.1 Å². The van der Waals surface area contributed by atoms with E-state index >= 15 is 0 Å². The first kappa shape index (κ1) is 16.0. The van der Waals surface area contributed by atoms with Crippen LogP contribution in [-0.4, -0.2) is 0 Å². The van der Waals surface area contributed by atoms with Crippen LogP contribution in [0.5, 0.6) is 0 Å². The minimum Gasteiger partial charge on any atom is -0.0654 e. The molecule has 0 aliphatic carbocycles. The summed E-state index contributed by atoms with van der Waals surface area (Å²) in [5, 5.41) is 0. The van der Waals surface area contributed by atoms with Crippen LogP contribution in [0.2, 0.25) is 0 Å². The van der Waals surface area contributed by atoms with Gasteiger partial charge >= 0.3 is 0 Å². The smallest absolute Gasteiger partial charge is 0.0384 e. The molecule has 0 aliphatic heterocycles. The third-order valence-corrected chi connectivity index (χ3v) is 4.24. The van der Waals surface area contributed by atoms with Gasteiger partial charge in [-0.15, -0.1) is 0 Å². The Morgan fingerprint density at radius 1 is 0.875 bits per heavy atom. The van der Waals surface area contributed by atoms with Crippen LogP contribution in [0.4, 0.5) is 0 Å². The summed E-state index contributed by atoms with van der Waals surface area (Å²) in [5.74, 6) is 3.62. The predicted octanol–water partition coefficient (Wildman–Crippen LogP) is 5.91. The van der Waals surface area contributed by atoms with Crippen molar-refractivity contribution in [2.24, 2.45) is 23.7 Å². The molecule has 0 aromatic carbocycles. The molecule has 3 unspecified atom stereocenters. The SMILES string of the molecule is CCCCCC(CC(C)C)C(C)C(C)CC. The Bertz CT molecular complexity index is 148. The summed E-state index contributed by atoms with van der Waals surface area (Å²) >= 11 is 0. The lowest BCUT2D eigenvalue weighted by Crippen LogP contribution is -2.20. The maximum absolute atomic E-state index is 2.48. The molecule has 0 spiro atoms. The van der Waals surface area contributed by atoms with Crippen molar-refractivity contribution in [1.82, 2.24) is 0 Å². The van der Waals surface area contributed by atoms with Gasteiger partial charge in [0, 0.05) is 0 Å². The van der Waals surface area contributed by atoms with E-state index in [1.807, 2.05) is 0 Å². The molecule has 0 saturated heterocycles. The zero-order valence-corrected chi connectivity index (χ0v) is 12.6. The number of unbranched alkanes of at least 4 members (excludes halogenated alkanes) is 2. The molecule has 0 bridgehead atoms. The fourth-order valence-corrected chi connectivity index (χ4v) is 2.69. The Labute approximate surface area is 104 Å². The molecule has 98 valence electrons. The molecule has 0 heteroatoms. The predicted molar refractivity (Wildman–Crippen MR) is 75.7 cm³/mol. The topological polar surface area (TPSA) is 0 Å². The van der Waals surface area contributed by atoms with E-state index in [9.17, 15) is 0 Å². The van der Waals surface area contributed by atoms with Crippen molar-refractivity contribution in [2.75, 3.05) is 0 Å². The molecule has 0 radical (unpaired) electrons. The van der Waals surface area contributed by atoms with Gasteiger partial charge in [0.1, 0.15) is 0 Å². The maximum Gasteiger partial charge on any atom is -0.0384 e. The Balaban J connectivity index is 4.17. The van der Waals surface area contributed by atoms with E-state index in [0.29, 0.717) is 0 Å². The first-order valence-electron chi connectivity index (χ1n) is 7.52. The summed E-state index contributed by atoms with van der Waals surface area (Å²) in [4.78, 5) is 0. The zero-order chi connectivity index (χ0) is 12.6. The van der Waals surface area contributed by atoms with Crippen LogP contribution in [0.25, 0.3) is 0 Å². The van der Waals surface area contributed by atoms with Crippen molar-refractivity contribution in [3.63, 3.8) is 0 Å². The fraction of sp³-hybridized carbons (Fsp3) is 1.00. The molecule has 0 rings (SSSR count). The molecule has 0 nitrogen and oxygen atoms in total. The lowest BCUT2D eigenvalue weighted by atomic mass is 9.76. The van der Waals surface area contributed by atoms with Crippen molar-refractivity contribution in [3.05, 3.63) is 0 Å². The van der Waals surface area contributed by atoms with Gasteiger partial charge in [-0.1, -0.05) is 73.6 Å². The molecule has 0 amide bonds. The average molecular weight is 226 g/mol. The third-order valence-electron chi connectivity index (χ3n) is 4.24. The van der Waals surface area contributed by atoms with Crippen LogP contribution < -0.4 is 0 Å². The second-order valence-corrected chi connectivity index (χ2v) is 6.13. The summed E-state index contributed by atoms with van der Waals surface area (Å²) in [6.45, 7) is 14.3. The quantitative estimate of drug-likeness (QED) is 0.429. The molecule has 3 atom stereocenters. The third kappa shape index (κ3) is 6.55. The van der Waals surface area contributed by atoms with Crippen molar-refractivity contribution >= 4 is 0 Å². The Kier molecular flexibility index (Phi) is 9.07. The summed E-state index contributed by atoms with van der Waals surface area (Å²) in [5.41, 5.74) is 0. The van der Waals surface area contributed by atoms with Crippen LogP contribution in [0.15, 0.2) is 0 Å². The first-order valence-corrected chi connectivity index (χ1v) is 7.52. The zero-order valence-electron chi connectivity index (χ0n) is 12.6. The molecule has 16 heavy (non-hydrogen) atoms. The molecule has 0 N–H and O–H groups in total. The molecule has 0 heterocycles. The van der Waals surface area contributed by atoms with Gasteiger partial charge in [0.15, 0.2) is 0 Å². The summed E-state index contributed by atoms with van der Waals surface area (Å²) in [6.07, 6.45) is 8.43. The van der Waals surface area contributed by atoms with E-state index in [4.69, 9.17) is 0 Å². The second-order valence-electron chi connectivity index (χ2n) is 6.13. The van der Waals surface area contributed by atoms with Crippen LogP contribution in [0, 0.1) is 23.7 Å². The van der Waals surface area contributed by atoms with Crippen LogP contribution in [-0.2, 0) is 0 Å². The lowest BCUT2D eigenvalue weighted by Gasteiger charge is -2.30. The van der Waals surface area contributed by atoms with Gasteiger partial charge in [-0.2, -0.15) is 0 Å². The summed E-state index contributed by atoms with van der Waals surface area (Å²) in [7, 11) is 0. The van der Waals surface area contributed by atoms with E-state index < -0.39 is 0 Å². The van der Waals surface area contributed by atoms with E-state index in [1.54, 1.807) is 0 Å². The summed E-state index contributed by atoms with van der Waals surface area (Å²) in [6, 6.07) is 0. The number of hydrogen-bond donors (Lipinski definition) is 0. The van der Waals surface area contributed by atoms with Crippen molar-refractivity contribution in [3.8, 4) is 0 Å². The normalized spacial score (nSPS) is 17.4. The second kappa shape index (κ2) is 9.07. The number of hydrogen-bond acceptors (Lipinski definition) is 0. The standard InChI is InChI=1S/C16H34/c1-7-9-10-11-16(12-13(3)4)15(6)14(5)8-2/h13-16H,7-12H2,1-6H3. The van der Waals surface area contributed by atoms with Gasteiger partial charge < -0.3 is 0 Å². The average Bonchev–Trinajstić information content (AvgIpc) is 2.25. The minimum atomic E-state index is 0.859. The molecule has 0 aromatic heterocycles. The fourth-order valence-electron chi connectivity index (χ4n) is 2.69. The highest BCUT2D eigenvalue weighted by atomic mass is 14.3. The highest BCUT2D eigenvalue weighted by molar-refractivity contribution is 4.72. The number of rotatable bonds is 9. The van der Waals surface area contributed by atoms with Gasteiger partial charge in [0.25, 0.3) is 0 Å². The molecule has 0 aromatic rings. The van der Waals surface area contributed by atoms with Gasteiger partial charge in [0.05, 0.1) is 0 Å². The van der Waals surface area contributed by atoms with Crippen molar-refractivity contribution in [1.29, 1.82) is 0 Å². The lowest BCUT2D eigenvalue weighted by molar-refractivity contribution is 0.207. The minimum absolute atomic E-state index is 0.859. The van der Waals surface area contributed by atoms with Gasteiger partial charge in [0.2, 0.25) is 0 Å². The molecular weight excluding hydrogens is 192 g/mol. The van der Waals surface area contributed by atoms with Crippen molar-refractivity contribution < 1.29 is 0 Å². The van der Waals surface area contributed by atoms with Crippen LogP contribution in [0.3, 0.4) is 0 Å². The molecular formula is C16H34. The Hall–Kier alpha value is 0. The Morgan fingerprint density at radius 2 is 1.50 bits per heavy atom. The van der Waals surface area contributed by atoms with E-state index in [-0.39, 0.29) is 0 Å². The van der Waals surface area contributed by atoms with Gasteiger partial charge in [-0.3, -0.25) is 0 Å². The van der Waals surface area contributed by atoms with Crippen LogP contribution >= 0.6 is 0 Å². The maximum atomic E-state index is 2.48. The summed E-state index contributed by atoms with van der Waals surface area (Å²) < 4.78 is 0. The first-order chi connectivity index (χ1) is 7.52. The molecule has 0 aliphatic rings.